The third kappa shape index (κ3) is 8.32. The lowest BCUT2D eigenvalue weighted by molar-refractivity contribution is 0.197. The number of para-hydroxylation sites is 2. The first-order valence-corrected chi connectivity index (χ1v) is 15.4. The topological polar surface area (TPSA) is 160 Å². The van der Waals surface area contributed by atoms with E-state index in [1.807, 2.05) is 12.1 Å². The molecule has 2 N–H and O–H groups in total. The summed E-state index contributed by atoms with van der Waals surface area (Å²) in [7, 11) is -2.75. The summed E-state index contributed by atoms with van der Waals surface area (Å²) in [5.41, 5.74) is 1.99. The zero-order valence-electron chi connectivity index (χ0n) is 24.7. The minimum atomic E-state index is -4.24. The Labute approximate surface area is 260 Å². The van der Waals surface area contributed by atoms with Gasteiger partial charge in [0.15, 0.2) is 23.1 Å². The number of aromatic nitrogens is 5. The number of nitrogens with zero attached hydrogens (tertiary/aromatic N) is 5. The lowest BCUT2D eigenvalue weighted by Gasteiger charge is -2.18. The van der Waals surface area contributed by atoms with Crippen LogP contribution in [0, 0.1) is 0 Å². The van der Waals surface area contributed by atoms with Gasteiger partial charge in [-0.15, -0.1) is 0 Å². The van der Waals surface area contributed by atoms with E-state index >= 15 is 0 Å². The first-order valence-electron chi connectivity index (χ1n) is 13.9. The predicted molar refractivity (Wildman–Crippen MR) is 168 cm³/mol. The van der Waals surface area contributed by atoms with Gasteiger partial charge in [0, 0.05) is 30.4 Å². The van der Waals surface area contributed by atoms with Gasteiger partial charge in [-0.1, -0.05) is 38.1 Å². The Morgan fingerprint density at radius 1 is 0.778 bits per heavy atom. The van der Waals surface area contributed by atoms with Crippen molar-refractivity contribution in [3.8, 4) is 40.5 Å². The molecule has 0 aliphatic heterocycles. The van der Waals surface area contributed by atoms with Crippen LogP contribution in [0.1, 0.15) is 25.3 Å². The summed E-state index contributed by atoms with van der Waals surface area (Å²) in [6.07, 6.45) is 6.24. The fourth-order valence-electron chi connectivity index (χ4n) is 4.01. The minimum absolute atomic E-state index is 0.0139. The molecule has 5 aromatic rings. The number of hydrogen-bond acceptors (Lipinski definition) is 11. The molecular weight excluding hydrogens is 598 g/mol. The third-order valence-electron chi connectivity index (χ3n) is 6.21. The van der Waals surface area contributed by atoms with Crippen molar-refractivity contribution < 1.29 is 27.4 Å². The van der Waals surface area contributed by atoms with Crippen LogP contribution in [0.3, 0.4) is 0 Å². The SMILES string of the molecule is COc1ccccc1Oc1c(NS(=O)(=O)Nc2ccc(C(C)C)cc2)nc(-c2ccncc2)nc1OCCOc1ncccn1. The maximum absolute atomic E-state index is 13.4. The second-order valence-electron chi connectivity index (χ2n) is 9.73. The second kappa shape index (κ2) is 14.3. The number of pyridine rings is 1. The zero-order chi connectivity index (χ0) is 31.6. The largest absolute Gasteiger partial charge is 0.493 e. The van der Waals surface area contributed by atoms with E-state index in [1.165, 1.54) is 7.11 Å². The van der Waals surface area contributed by atoms with Gasteiger partial charge in [-0.3, -0.25) is 9.71 Å². The summed E-state index contributed by atoms with van der Waals surface area (Å²) < 4.78 is 55.1. The van der Waals surface area contributed by atoms with Gasteiger partial charge in [0.1, 0.15) is 13.2 Å². The average Bonchev–Trinajstić information content (AvgIpc) is 3.05. The first-order chi connectivity index (χ1) is 21.8. The van der Waals surface area contributed by atoms with Gasteiger partial charge in [-0.05, 0) is 53.9 Å². The van der Waals surface area contributed by atoms with Gasteiger partial charge in [-0.2, -0.15) is 13.4 Å². The summed E-state index contributed by atoms with van der Waals surface area (Å²) in [6.45, 7) is 4.16. The summed E-state index contributed by atoms with van der Waals surface area (Å²) in [6, 6.07) is 19.2. The lowest BCUT2D eigenvalue weighted by Crippen LogP contribution is -2.23. The zero-order valence-corrected chi connectivity index (χ0v) is 25.6. The number of ether oxygens (including phenoxy) is 4. The Kier molecular flexibility index (Phi) is 9.84. The van der Waals surface area contributed by atoms with Gasteiger partial charge in [0.05, 0.1) is 12.8 Å². The third-order valence-corrected chi connectivity index (χ3v) is 7.18. The summed E-state index contributed by atoms with van der Waals surface area (Å²) in [5.74, 6) is 0.774. The Balaban J connectivity index is 1.52. The molecule has 0 saturated heterocycles. The fraction of sp³-hybridized carbons (Fsp3) is 0.194. The highest BCUT2D eigenvalue weighted by Gasteiger charge is 2.24. The maximum Gasteiger partial charge on any atom is 0.322 e. The molecule has 0 bridgehead atoms. The van der Waals surface area contributed by atoms with E-state index in [4.69, 9.17) is 18.9 Å². The molecule has 232 valence electrons. The highest BCUT2D eigenvalue weighted by molar-refractivity contribution is 7.94. The van der Waals surface area contributed by atoms with Crippen LogP contribution in [-0.4, -0.2) is 53.7 Å². The molecule has 5 rings (SSSR count). The van der Waals surface area contributed by atoms with E-state index in [9.17, 15) is 8.42 Å². The quantitative estimate of drug-likeness (QED) is 0.150. The van der Waals surface area contributed by atoms with E-state index in [0.717, 1.165) is 5.56 Å². The van der Waals surface area contributed by atoms with Crippen molar-refractivity contribution in [3.05, 3.63) is 97.1 Å². The molecule has 0 saturated carbocycles. The number of rotatable bonds is 14. The van der Waals surface area contributed by atoms with E-state index in [1.54, 1.807) is 79.4 Å². The first kappa shape index (κ1) is 30.9. The molecule has 3 heterocycles. The van der Waals surface area contributed by atoms with Gasteiger partial charge >= 0.3 is 16.2 Å². The van der Waals surface area contributed by atoms with Crippen LogP contribution in [-0.2, 0) is 10.2 Å². The van der Waals surface area contributed by atoms with Crippen molar-refractivity contribution in [3.63, 3.8) is 0 Å². The summed E-state index contributed by atoms with van der Waals surface area (Å²) in [4.78, 5) is 21.2. The molecule has 14 heteroatoms. The predicted octanol–water partition coefficient (Wildman–Crippen LogP) is 5.48. The van der Waals surface area contributed by atoms with Crippen LogP contribution in [0.15, 0.2) is 91.5 Å². The molecule has 0 spiro atoms. The van der Waals surface area contributed by atoms with Crippen molar-refractivity contribution in [2.75, 3.05) is 29.8 Å². The molecule has 45 heavy (non-hydrogen) atoms. The van der Waals surface area contributed by atoms with Crippen LogP contribution >= 0.6 is 0 Å². The average molecular weight is 630 g/mol. The van der Waals surface area contributed by atoms with Crippen LogP contribution < -0.4 is 28.4 Å². The van der Waals surface area contributed by atoms with Crippen LogP contribution in [0.25, 0.3) is 11.4 Å². The Hall–Kier alpha value is -5.50. The molecule has 0 aliphatic rings. The van der Waals surface area contributed by atoms with Gasteiger partial charge < -0.3 is 18.9 Å². The van der Waals surface area contributed by atoms with Crippen molar-refractivity contribution in [1.82, 2.24) is 24.9 Å². The summed E-state index contributed by atoms with van der Waals surface area (Å²) >= 11 is 0. The molecule has 0 amide bonds. The van der Waals surface area contributed by atoms with Gasteiger partial charge in [-0.25, -0.2) is 19.7 Å². The van der Waals surface area contributed by atoms with E-state index in [0.29, 0.717) is 22.9 Å². The number of hydrogen-bond donors (Lipinski definition) is 2. The van der Waals surface area contributed by atoms with Crippen molar-refractivity contribution in [2.45, 2.75) is 19.8 Å². The number of nitrogens with one attached hydrogen (secondary N) is 2. The minimum Gasteiger partial charge on any atom is -0.493 e. The number of benzene rings is 2. The monoisotopic (exact) mass is 629 g/mol. The molecule has 0 aliphatic carbocycles. The maximum atomic E-state index is 13.4. The normalized spacial score (nSPS) is 11.1. The van der Waals surface area contributed by atoms with Crippen LogP contribution in [0.2, 0.25) is 0 Å². The van der Waals surface area contributed by atoms with Crippen molar-refractivity contribution in [2.24, 2.45) is 0 Å². The molecule has 13 nitrogen and oxygen atoms in total. The van der Waals surface area contributed by atoms with Crippen LogP contribution in [0.4, 0.5) is 11.5 Å². The number of anilines is 2. The summed E-state index contributed by atoms with van der Waals surface area (Å²) in [5, 5.41) is 0. The highest BCUT2D eigenvalue weighted by atomic mass is 32.2. The molecule has 3 aromatic heterocycles. The Morgan fingerprint density at radius 3 is 2.16 bits per heavy atom. The molecule has 0 radical (unpaired) electrons. The Morgan fingerprint density at radius 2 is 1.47 bits per heavy atom. The Bertz CT molecular complexity index is 1810. The van der Waals surface area contributed by atoms with E-state index < -0.39 is 10.2 Å². The lowest BCUT2D eigenvalue weighted by atomic mass is 10.0. The molecule has 0 unspecified atom stereocenters. The molecule has 2 aromatic carbocycles. The highest BCUT2D eigenvalue weighted by Crippen LogP contribution is 2.41. The fourth-order valence-corrected chi connectivity index (χ4v) is 4.90. The smallest absolute Gasteiger partial charge is 0.322 e. The molecular formula is C31H31N7O6S. The van der Waals surface area contributed by atoms with Crippen molar-refractivity contribution >= 4 is 21.7 Å². The van der Waals surface area contributed by atoms with Crippen molar-refractivity contribution in [1.29, 1.82) is 0 Å². The number of methoxy groups -OCH3 is 1. The van der Waals surface area contributed by atoms with E-state index in [2.05, 4.69) is 48.2 Å². The van der Waals surface area contributed by atoms with Gasteiger partial charge in [0.2, 0.25) is 5.75 Å². The second-order valence-corrected chi connectivity index (χ2v) is 11.1. The standard InChI is InChI=1S/C31H31N7O6S/c1-21(2)22-9-11-24(12-10-22)37-45(39,40)38-29-27(44-26-8-5-4-7-25(26)41-3)30(36-28(35-29)23-13-17-32-18-14-23)42-19-20-43-31-33-15-6-16-34-31/h4-18,21,37H,19-20H2,1-3H3,(H,35,36,38). The van der Waals surface area contributed by atoms with E-state index in [-0.39, 0.29) is 48.2 Å². The van der Waals surface area contributed by atoms with Gasteiger partial charge in [0.25, 0.3) is 5.88 Å². The molecule has 0 atom stereocenters. The molecule has 0 fully saturated rings. The van der Waals surface area contributed by atoms with Crippen LogP contribution in [0.5, 0.6) is 29.1 Å².